The molecule has 1 saturated carbocycles. The van der Waals surface area contributed by atoms with Crippen LogP contribution in [0.15, 0.2) is 12.7 Å². The predicted octanol–water partition coefficient (Wildman–Crippen LogP) is 1.56. The largest absolute Gasteiger partial charge is 0.313 e. The Balaban J connectivity index is 1.88. The molecule has 1 aliphatic rings. The van der Waals surface area contributed by atoms with Gasteiger partial charge in [0, 0.05) is 6.04 Å². The summed E-state index contributed by atoms with van der Waals surface area (Å²) in [6.45, 7) is 7.05. The third kappa shape index (κ3) is 2.19. The smallest absolute Gasteiger partial charge is 0.00965 e. The van der Waals surface area contributed by atoms with Crippen molar-refractivity contribution >= 4 is 0 Å². The summed E-state index contributed by atoms with van der Waals surface area (Å²) in [5.41, 5.74) is 0. The lowest BCUT2D eigenvalue weighted by Crippen LogP contribution is -2.18. The monoisotopic (exact) mass is 125 g/mol. The average molecular weight is 125 g/mol. The minimum Gasteiger partial charge on any atom is -0.313 e. The summed E-state index contributed by atoms with van der Waals surface area (Å²) in [5.74, 6) is 0.926. The van der Waals surface area contributed by atoms with Gasteiger partial charge < -0.3 is 5.32 Å². The van der Waals surface area contributed by atoms with E-state index in [1.54, 1.807) is 0 Å². The highest BCUT2D eigenvalue weighted by molar-refractivity contribution is 4.89. The second-order valence-electron chi connectivity index (χ2n) is 2.85. The number of hydrogen-bond donors (Lipinski definition) is 1. The summed E-state index contributed by atoms with van der Waals surface area (Å²) in [6.07, 6.45) is 4.43. The van der Waals surface area contributed by atoms with E-state index in [1.165, 1.54) is 6.42 Å². The molecule has 0 saturated heterocycles. The van der Waals surface area contributed by atoms with Crippen molar-refractivity contribution in [3.05, 3.63) is 12.7 Å². The van der Waals surface area contributed by atoms with Gasteiger partial charge in [0.2, 0.25) is 0 Å². The second kappa shape index (κ2) is 3.02. The van der Waals surface area contributed by atoms with Crippen molar-refractivity contribution in [2.24, 2.45) is 5.92 Å². The highest BCUT2D eigenvalue weighted by Gasteiger charge is 2.31. The molecule has 1 nitrogen and oxygen atoms in total. The predicted molar refractivity (Wildman–Crippen MR) is 40.4 cm³/mol. The van der Waals surface area contributed by atoms with Gasteiger partial charge in [0.15, 0.2) is 0 Å². The Bertz CT molecular complexity index is 98.7. The van der Waals surface area contributed by atoms with Gasteiger partial charge in [-0.3, -0.25) is 0 Å². The van der Waals surface area contributed by atoms with E-state index in [4.69, 9.17) is 0 Å². The molecule has 1 rings (SSSR count). The fraction of sp³-hybridized carbons (Fsp3) is 0.750. The molecular weight excluding hydrogens is 110 g/mol. The molecule has 0 aliphatic heterocycles. The molecule has 9 heavy (non-hydrogen) atoms. The number of nitrogens with one attached hydrogen (secondary N) is 1. The quantitative estimate of drug-likeness (QED) is 0.444. The van der Waals surface area contributed by atoms with Crippen LogP contribution in [-0.2, 0) is 0 Å². The molecule has 2 atom stereocenters. The third-order valence-corrected chi connectivity index (χ3v) is 1.86. The maximum absolute atomic E-state index is 3.66. The van der Waals surface area contributed by atoms with Crippen LogP contribution in [0.5, 0.6) is 0 Å². The summed E-state index contributed by atoms with van der Waals surface area (Å²) in [7, 11) is 0. The van der Waals surface area contributed by atoms with E-state index in [-0.39, 0.29) is 0 Å². The Labute approximate surface area is 57.1 Å². The van der Waals surface area contributed by atoms with Crippen LogP contribution in [0.2, 0.25) is 0 Å². The van der Waals surface area contributed by atoms with Gasteiger partial charge in [0.25, 0.3) is 0 Å². The lowest BCUT2D eigenvalue weighted by atomic mass is 10.4. The van der Waals surface area contributed by atoms with Gasteiger partial charge in [-0.1, -0.05) is 13.0 Å². The van der Waals surface area contributed by atoms with E-state index in [9.17, 15) is 0 Å². The minimum absolute atomic E-state index is 0.824. The molecule has 0 aromatic rings. The molecule has 0 spiro atoms. The first-order valence-corrected chi connectivity index (χ1v) is 3.69. The van der Waals surface area contributed by atoms with Gasteiger partial charge in [0.1, 0.15) is 0 Å². The lowest BCUT2D eigenvalue weighted by Gasteiger charge is -1.97. The zero-order chi connectivity index (χ0) is 6.69. The van der Waals surface area contributed by atoms with Gasteiger partial charge in [-0.2, -0.15) is 0 Å². The molecule has 1 N–H and O–H groups in total. The summed E-state index contributed by atoms with van der Waals surface area (Å²) in [5, 5.41) is 3.44. The third-order valence-electron chi connectivity index (χ3n) is 1.86. The fourth-order valence-corrected chi connectivity index (χ4v) is 0.977. The van der Waals surface area contributed by atoms with E-state index in [0.717, 1.165) is 24.9 Å². The first kappa shape index (κ1) is 6.81. The molecule has 0 amide bonds. The normalized spacial score (nSPS) is 32.1. The maximum Gasteiger partial charge on any atom is 0.00965 e. The van der Waals surface area contributed by atoms with Crippen LogP contribution in [0.1, 0.15) is 19.8 Å². The Morgan fingerprint density at radius 2 is 2.44 bits per heavy atom. The van der Waals surface area contributed by atoms with Crippen LogP contribution in [0.25, 0.3) is 0 Å². The lowest BCUT2D eigenvalue weighted by molar-refractivity contribution is 0.657. The molecule has 0 bridgehead atoms. The number of hydrogen-bond acceptors (Lipinski definition) is 1. The van der Waals surface area contributed by atoms with Crippen LogP contribution < -0.4 is 5.32 Å². The van der Waals surface area contributed by atoms with Gasteiger partial charge in [-0.05, 0) is 25.3 Å². The molecular formula is C8H15N. The SMILES string of the molecule is C=CCCNC1CC1C. The van der Waals surface area contributed by atoms with Gasteiger partial charge in [-0.15, -0.1) is 6.58 Å². The zero-order valence-electron chi connectivity index (χ0n) is 6.06. The minimum atomic E-state index is 0.824. The Hall–Kier alpha value is -0.300. The van der Waals surface area contributed by atoms with Crippen molar-refractivity contribution in [2.75, 3.05) is 6.54 Å². The second-order valence-corrected chi connectivity index (χ2v) is 2.85. The van der Waals surface area contributed by atoms with Gasteiger partial charge in [-0.25, -0.2) is 0 Å². The van der Waals surface area contributed by atoms with Crippen LogP contribution in [0.4, 0.5) is 0 Å². The molecule has 2 unspecified atom stereocenters. The van der Waals surface area contributed by atoms with E-state index in [1.807, 2.05) is 6.08 Å². The fourth-order valence-electron chi connectivity index (χ4n) is 0.977. The standard InChI is InChI=1S/C8H15N/c1-3-4-5-9-8-6-7(8)2/h3,7-9H,1,4-6H2,2H3. The Morgan fingerprint density at radius 1 is 1.78 bits per heavy atom. The van der Waals surface area contributed by atoms with E-state index in [0.29, 0.717) is 0 Å². The highest BCUT2D eigenvalue weighted by Crippen LogP contribution is 2.28. The summed E-state index contributed by atoms with van der Waals surface area (Å²) in [4.78, 5) is 0. The van der Waals surface area contributed by atoms with Crippen LogP contribution >= 0.6 is 0 Å². The van der Waals surface area contributed by atoms with Crippen molar-refractivity contribution < 1.29 is 0 Å². The van der Waals surface area contributed by atoms with Crippen LogP contribution in [-0.4, -0.2) is 12.6 Å². The van der Waals surface area contributed by atoms with Crippen molar-refractivity contribution in [3.8, 4) is 0 Å². The number of rotatable bonds is 4. The van der Waals surface area contributed by atoms with Gasteiger partial charge in [0.05, 0.1) is 0 Å². The Kier molecular flexibility index (Phi) is 2.29. The van der Waals surface area contributed by atoms with Crippen molar-refractivity contribution in [1.29, 1.82) is 0 Å². The molecule has 1 aliphatic carbocycles. The van der Waals surface area contributed by atoms with E-state index in [2.05, 4.69) is 18.8 Å². The average Bonchev–Trinajstić information content (AvgIpc) is 2.48. The topological polar surface area (TPSA) is 12.0 Å². The molecule has 0 radical (unpaired) electrons. The first-order chi connectivity index (χ1) is 4.34. The summed E-state index contributed by atoms with van der Waals surface area (Å²) in [6, 6.07) is 0.824. The molecule has 0 aromatic carbocycles. The van der Waals surface area contributed by atoms with Gasteiger partial charge >= 0.3 is 0 Å². The van der Waals surface area contributed by atoms with Crippen LogP contribution in [0.3, 0.4) is 0 Å². The van der Waals surface area contributed by atoms with Crippen molar-refractivity contribution in [2.45, 2.75) is 25.8 Å². The maximum atomic E-state index is 3.66. The zero-order valence-corrected chi connectivity index (χ0v) is 6.06. The van der Waals surface area contributed by atoms with Crippen molar-refractivity contribution in [3.63, 3.8) is 0 Å². The molecule has 52 valence electrons. The summed E-state index contributed by atoms with van der Waals surface area (Å²) < 4.78 is 0. The Morgan fingerprint density at radius 3 is 2.89 bits per heavy atom. The van der Waals surface area contributed by atoms with Crippen molar-refractivity contribution in [1.82, 2.24) is 5.32 Å². The van der Waals surface area contributed by atoms with E-state index < -0.39 is 0 Å². The first-order valence-electron chi connectivity index (χ1n) is 3.69. The highest BCUT2D eigenvalue weighted by atomic mass is 15.0. The van der Waals surface area contributed by atoms with Crippen LogP contribution in [0, 0.1) is 5.92 Å². The molecule has 0 aromatic heterocycles. The van der Waals surface area contributed by atoms with E-state index >= 15 is 0 Å². The molecule has 1 fully saturated rings. The summed E-state index contributed by atoms with van der Waals surface area (Å²) >= 11 is 0. The molecule has 0 heterocycles. The molecule has 1 heteroatoms.